The van der Waals surface area contributed by atoms with E-state index in [4.69, 9.17) is 4.98 Å². The summed E-state index contributed by atoms with van der Waals surface area (Å²) in [5.74, 6) is 0.593. The number of anilines is 3. The van der Waals surface area contributed by atoms with Crippen LogP contribution in [-0.4, -0.2) is 62.8 Å². The summed E-state index contributed by atoms with van der Waals surface area (Å²) >= 11 is 0. The number of aryl methyl sites for hydroxylation is 1. The minimum Gasteiger partial charge on any atom is -0.369 e. The van der Waals surface area contributed by atoms with Crippen molar-refractivity contribution in [2.75, 3.05) is 49.7 Å². The van der Waals surface area contributed by atoms with E-state index in [0.29, 0.717) is 12.4 Å². The van der Waals surface area contributed by atoms with Crippen LogP contribution >= 0.6 is 0 Å². The van der Waals surface area contributed by atoms with Crippen molar-refractivity contribution >= 4 is 27.2 Å². The minimum atomic E-state index is -3.07. The van der Waals surface area contributed by atoms with Gasteiger partial charge in [-0.15, -0.1) is 0 Å². The molecule has 7 nitrogen and oxygen atoms in total. The number of sulfone groups is 1. The smallest absolute Gasteiger partial charge is 0.227 e. The molecule has 0 saturated carbocycles. The zero-order valence-corrected chi connectivity index (χ0v) is 20.3. The van der Waals surface area contributed by atoms with Crippen molar-refractivity contribution < 1.29 is 8.42 Å². The third kappa shape index (κ3) is 6.52. The molecule has 0 aliphatic carbocycles. The number of nitrogens with zero attached hydrogens (tertiary/aromatic N) is 4. The number of nitrogens with one attached hydrogen (secondary N) is 1. The van der Waals surface area contributed by atoms with Crippen molar-refractivity contribution in [2.45, 2.75) is 19.1 Å². The van der Waals surface area contributed by atoms with Gasteiger partial charge in [0.1, 0.15) is 0 Å². The largest absolute Gasteiger partial charge is 0.369 e. The Morgan fingerprint density at radius 3 is 2.39 bits per heavy atom. The van der Waals surface area contributed by atoms with Gasteiger partial charge >= 0.3 is 0 Å². The second-order valence-electron chi connectivity index (χ2n) is 8.85. The van der Waals surface area contributed by atoms with Crippen molar-refractivity contribution in [1.82, 2.24) is 14.9 Å². The van der Waals surface area contributed by atoms with Gasteiger partial charge in [0.05, 0.1) is 11.4 Å². The number of hydrogen-bond acceptors (Lipinski definition) is 7. The molecule has 1 fully saturated rings. The summed E-state index contributed by atoms with van der Waals surface area (Å²) in [6.45, 7) is 6.23. The van der Waals surface area contributed by atoms with Gasteiger partial charge in [0, 0.05) is 56.4 Å². The topological polar surface area (TPSA) is 78.4 Å². The van der Waals surface area contributed by atoms with Gasteiger partial charge in [0.25, 0.3) is 0 Å². The number of piperazine rings is 1. The zero-order valence-electron chi connectivity index (χ0n) is 19.5. The quantitative estimate of drug-likeness (QED) is 0.573. The third-order valence-corrected chi connectivity index (χ3v) is 6.72. The molecule has 0 unspecified atom stereocenters. The molecule has 8 heteroatoms. The summed E-state index contributed by atoms with van der Waals surface area (Å²) in [5.41, 5.74) is 5.91. The van der Waals surface area contributed by atoms with E-state index in [-0.39, 0.29) is 5.75 Å². The normalized spacial score (nSPS) is 14.9. The van der Waals surface area contributed by atoms with Crippen LogP contribution in [0.25, 0.3) is 0 Å². The predicted molar refractivity (Wildman–Crippen MR) is 134 cm³/mol. The Labute approximate surface area is 196 Å². The summed E-state index contributed by atoms with van der Waals surface area (Å²) in [5, 5.41) is 3.31. The summed E-state index contributed by atoms with van der Waals surface area (Å²) < 4.78 is 23.3. The first-order valence-corrected chi connectivity index (χ1v) is 13.2. The van der Waals surface area contributed by atoms with Crippen molar-refractivity contribution in [3.8, 4) is 0 Å². The molecule has 33 heavy (non-hydrogen) atoms. The number of aromatic nitrogens is 2. The Bertz CT molecular complexity index is 1200. The molecule has 4 rings (SSSR count). The summed E-state index contributed by atoms with van der Waals surface area (Å²) in [4.78, 5) is 13.9. The van der Waals surface area contributed by atoms with Gasteiger partial charge in [-0.05, 0) is 54.9 Å². The molecular weight excluding hydrogens is 434 g/mol. The van der Waals surface area contributed by atoms with E-state index in [2.05, 4.69) is 51.4 Å². The SMILES string of the molecule is Cc1cnc(Nc2ccc(N3CCN(C)CC3)cc2)nc1Cc1cccc(CS(C)(=O)=O)c1. The van der Waals surface area contributed by atoms with E-state index in [1.54, 1.807) is 0 Å². The monoisotopic (exact) mass is 465 g/mol. The summed E-state index contributed by atoms with van der Waals surface area (Å²) in [7, 11) is -0.911. The van der Waals surface area contributed by atoms with Gasteiger partial charge in [0.15, 0.2) is 9.84 Å². The van der Waals surface area contributed by atoms with Crippen molar-refractivity contribution in [3.63, 3.8) is 0 Å². The molecule has 3 aromatic rings. The highest BCUT2D eigenvalue weighted by Crippen LogP contribution is 2.22. The molecule has 0 radical (unpaired) electrons. The molecule has 2 heterocycles. The van der Waals surface area contributed by atoms with Crippen molar-refractivity contribution in [3.05, 3.63) is 77.1 Å². The second-order valence-corrected chi connectivity index (χ2v) is 11.0. The molecule has 0 atom stereocenters. The average molecular weight is 466 g/mol. The molecule has 0 amide bonds. The molecule has 1 N–H and O–H groups in total. The van der Waals surface area contributed by atoms with Crippen LogP contribution in [0, 0.1) is 6.92 Å². The van der Waals surface area contributed by atoms with Crippen LogP contribution in [0.1, 0.15) is 22.4 Å². The molecule has 2 aromatic carbocycles. The lowest BCUT2D eigenvalue weighted by atomic mass is 10.0. The number of benzene rings is 2. The Kier molecular flexibility index (Phi) is 6.95. The molecular formula is C25H31N5O2S. The van der Waals surface area contributed by atoms with E-state index in [1.165, 1.54) is 11.9 Å². The van der Waals surface area contributed by atoms with Crippen LogP contribution in [0.3, 0.4) is 0 Å². The minimum absolute atomic E-state index is 0.0422. The number of rotatable bonds is 7. The first kappa shape index (κ1) is 23.2. The zero-order chi connectivity index (χ0) is 23.4. The predicted octanol–water partition coefficient (Wildman–Crippen LogP) is 3.42. The molecule has 1 aliphatic rings. The van der Waals surface area contributed by atoms with E-state index in [9.17, 15) is 8.42 Å². The van der Waals surface area contributed by atoms with Gasteiger partial charge in [-0.1, -0.05) is 24.3 Å². The highest BCUT2D eigenvalue weighted by atomic mass is 32.2. The maximum absolute atomic E-state index is 11.6. The maximum atomic E-state index is 11.6. The summed E-state index contributed by atoms with van der Waals surface area (Å²) in [6.07, 6.45) is 3.69. The van der Waals surface area contributed by atoms with E-state index >= 15 is 0 Å². The van der Waals surface area contributed by atoms with Crippen LogP contribution in [0.15, 0.2) is 54.7 Å². The molecule has 0 bridgehead atoms. The van der Waals surface area contributed by atoms with Gasteiger partial charge < -0.3 is 15.1 Å². The molecule has 1 aliphatic heterocycles. The second kappa shape index (κ2) is 9.89. The fraction of sp³-hybridized carbons (Fsp3) is 0.360. The highest BCUT2D eigenvalue weighted by molar-refractivity contribution is 7.89. The third-order valence-electron chi connectivity index (χ3n) is 5.86. The molecule has 0 spiro atoms. The van der Waals surface area contributed by atoms with Crippen LogP contribution in [-0.2, 0) is 22.0 Å². The maximum Gasteiger partial charge on any atom is 0.227 e. The van der Waals surface area contributed by atoms with E-state index in [1.807, 2.05) is 37.4 Å². The fourth-order valence-electron chi connectivity index (χ4n) is 3.99. The summed E-state index contributed by atoms with van der Waals surface area (Å²) in [6, 6.07) is 16.1. The molecule has 1 aromatic heterocycles. The standard InChI is InChI=1S/C25H31N5O2S/c1-19-17-26-25(27-22-7-9-23(10-8-22)30-13-11-29(2)12-14-30)28-24(19)16-20-5-4-6-21(15-20)18-33(3,31)32/h4-10,15,17H,11-14,16,18H2,1-3H3,(H,26,27,28). The first-order chi connectivity index (χ1) is 15.7. The Balaban J connectivity index is 1.45. The van der Waals surface area contributed by atoms with Crippen LogP contribution in [0.4, 0.5) is 17.3 Å². The first-order valence-electron chi connectivity index (χ1n) is 11.1. The van der Waals surface area contributed by atoms with Crippen LogP contribution in [0.2, 0.25) is 0 Å². The van der Waals surface area contributed by atoms with E-state index < -0.39 is 9.84 Å². The average Bonchev–Trinajstić information content (AvgIpc) is 2.76. The van der Waals surface area contributed by atoms with Gasteiger partial charge in [-0.3, -0.25) is 0 Å². The van der Waals surface area contributed by atoms with Crippen molar-refractivity contribution in [1.29, 1.82) is 0 Å². The lowest BCUT2D eigenvalue weighted by molar-refractivity contribution is 0.313. The lowest BCUT2D eigenvalue weighted by Gasteiger charge is -2.34. The molecule has 1 saturated heterocycles. The molecule has 174 valence electrons. The Hall–Kier alpha value is -2.97. The van der Waals surface area contributed by atoms with Crippen molar-refractivity contribution in [2.24, 2.45) is 0 Å². The van der Waals surface area contributed by atoms with Crippen LogP contribution in [0.5, 0.6) is 0 Å². The Morgan fingerprint density at radius 2 is 1.70 bits per heavy atom. The van der Waals surface area contributed by atoms with Gasteiger partial charge in [-0.2, -0.15) is 0 Å². The van der Waals surface area contributed by atoms with E-state index in [0.717, 1.165) is 54.3 Å². The number of likely N-dealkylation sites (N-methyl/N-ethyl adjacent to an activating group) is 1. The Morgan fingerprint density at radius 1 is 1.00 bits per heavy atom. The number of hydrogen-bond donors (Lipinski definition) is 1. The lowest BCUT2D eigenvalue weighted by Crippen LogP contribution is -2.44. The van der Waals surface area contributed by atoms with Gasteiger partial charge in [0.2, 0.25) is 5.95 Å². The van der Waals surface area contributed by atoms with Crippen LogP contribution < -0.4 is 10.2 Å². The van der Waals surface area contributed by atoms with Gasteiger partial charge in [-0.25, -0.2) is 18.4 Å². The fourth-order valence-corrected chi connectivity index (χ4v) is 4.78. The highest BCUT2D eigenvalue weighted by Gasteiger charge is 2.14.